The van der Waals surface area contributed by atoms with E-state index in [1.165, 1.54) is 25.3 Å². The average molecular weight is 408 g/mol. The van der Waals surface area contributed by atoms with Gasteiger partial charge < -0.3 is 20.7 Å². The summed E-state index contributed by atoms with van der Waals surface area (Å²) < 4.78 is 18.6. The third kappa shape index (κ3) is 5.43. The molecule has 0 aromatic heterocycles. The van der Waals surface area contributed by atoms with Crippen molar-refractivity contribution in [1.82, 2.24) is 5.32 Å². The van der Waals surface area contributed by atoms with Gasteiger partial charge in [-0.05, 0) is 62.3 Å². The lowest BCUT2D eigenvalue weighted by molar-refractivity contribution is -0.120. The maximum Gasteiger partial charge on any atom is 0.255 e. The molecule has 0 spiro atoms. The van der Waals surface area contributed by atoms with Crippen molar-refractivity contribution in [3.8, 4) is 5.75 Å². The second kappa shape index (κ2) is 10.1. The molecule has 0 radical (unpaired) electrons. The Labute approximate surface area is 169 Å². The molecule has 1 aliphatic rings. The van der Waals surface area contributed by atoms with Crippen LogP contribution in [0.2, 0.25) is 0 Å². The average Bonchev–Trinajstić information content (AvgIpc) is 2.69. The van der Waals surface area contributed by atoms with Gasteiger partial charge in [-0.25, -0.2) is 4.39 Å². The molecule has 0 aliphatic carbocycles. The molecule has 3 N–H and O–H groups in total. The fraction of sp³-hybridized carbons (Fsp3) is 0.300. The Morgan fingerprint density at radius 1 is 1.11 bits per heavy atom. The minimum atomic E-state index is -0.488. The fourth-order valence-corrected chi connectivity index (χ4v) is 3.04. The maximum atomic E-state index is 13.3. The molecule has 3 rings (SSSR count). The van der Waals surface area contributed by atoms with Crippen LogP contribution in [0.25, 0.3) is 0 Å². The molecule has 0 atom stereocenters. The van der Waals surface area contributed by atoms with Crippen LogP contribution in [0.3, 0.4) is 0 Å². The third-order valence-corrected chi connectivity index (χ3v) is 4.51. The molecule has 0 unspecified atom stereocenters. The van der Waals surface area contributed by atoms with Crippen molar-refractivity contribution in [2.45, 2.75) is 12.8 Å². The van der Waals surface area contributed by atoms with Crippen LogP contribution in [-0.4, -0.2) is 32.0 Å². The van der Waals surface area contributed by atoms with Gasteiger partial charge in [0.05, 0.1) is 12.8 Å². The topological polar surface area (TPSA) is 79.5 Å². The number of anilines is 2. The summed E-state index contributed by atoms with van der Waals surface area (Å²) in [6.07, 6.45) is 1.59. The number of methoxy groups -OCH3 is 1. The minimum absolute atomic E-state index is 0. The first-order valence-electron chi connectivity index (χ1n) is 8.83. The fourth-order valence-electron chi connectivity index (χ4n) is 3.04. The van der Waals surface area contributed by atoms with Gasteiger partial charge >= 0.3 is 0 Å². The second-order valence-corrected chi connectivity index (χ2v) is 6.39. The number of halogens is 2. The summed E-state index contributed by atoms with van der Waals surface area (Å²) in [4.78, 5) is 24.8. The van der Waals surface area contributed by atoms with Crippen LogP contribution in [0.4, 0.5) is 15.8 Å². The van der Waals surface area contributed by atoms with Crippen molar-refractivity contribution in [1.29, 1.82) is 0 Å². The zero-order chi connectivity index (χ0) is 19.2. The van der Waals surface area contributed by atoms with E-state index in [2.05, 4.69) is 16.0 Å². The number of benzene rings is 2. The van der Waals surface area contributed by atoms with E-state index >= 15 is 0 Å². The predicted octanol–water partition coefficient (Wildman–Crippen LogP) is 3.45. The third-order valence-electron chi connectivity index (χ3n) is 4.51. The zero-order valence-corrected chi connectivity index (χ0v) is 16.3. The van der Waals surface area contributed by atoms with Gasteiger partial charge in [-0.3, -0.25) is 9.59 Å². The molecule has 0 saturated carbocycles. The van der Waals surface area contributed by atoms with Gasteiger partial charge in [0.2, 0.25) is 5.91 Å². The number of amides is 2. The Morgan fingerprint density at radius 3 is 2.54 bits per heavy atom. The number of rotatable bonds is 5. The van der Waals surface area contributed by atoms with E-state index in [9.17, 15) is 14.0 Å². The number of hydrogen-bond donors (Lipinski definition) is 3. The molecule has 2 amide bonds. The van der Waals surface area contributed by atoms with Crippen LogP contribution in [0.5, 0.6) is 5.75 Å². The highest BCUT2D eigenvalue weighted by molar-refractivity contribution is 6.05. The maximum absolute atomic E-state index is 13.3. The normalized spacial score (nSPS) is 13.9. The lowest BCUT2D eigenvalue weighted by atomic mass is 9.97. The second-order valence-electron chi connectivity index (χ2n) is 6.39. The van der Waals surface area contributed by atoms with Crippen LogP contribution >= 0.6 is 12.4 Å². The molecule has 1 heterocycles. The summed E-state index contributed by atoms with van der Waals surface area (Å²) >= 11 is 0. The van der Waals surface area contributed by atoms with E-state index in [1.54, 1.807) is 18.2 Å². The summed E-state index contributed by atoms with van der Waals surface area (Å²) in [5.74, 6) is -0.574. The predicted molar refractivity (Wildman–Crippen MR) is 109 cm³/mol. The van der Waals surface area contributed by atoms with Crippen molar-refractivity contribution in [3.05, 3.63) is 53.8 Å². The van der Waals surface area contributed by atoms with Crippen LogP contribution in [0.15, 0.2) is 42.5 Å². The monoisotopic (exact) mass is 407 g/mol. The lowest BCUT2D eigenvalue weighted by Gasteiger charge is -2.22. The highest BCUT2D eigenvalue weighted by Crippen LogP contribution is 2.29. The number of nitrogens with one attached hydrogen (secondary N) is 3. The van der Waals surface area contributed by atoms with Gasteiger partial charge in [-0.1, -0.05) is 6.07 Å². The Hall–Kier alpha value is -2.64. The minimum Gasteiger partial charge on any atom is -0.495 e. The van der Waals surface area contributed by atoms with Gasteiger partial charge in [0, 0.05) is 17.2 Å². The van der Waals surface area contributed by atoms with Crippen molar-refractivity contribution >= 4 is 35.6 Å². The van der Waals surface area contributed by atoms with Crippen LogP contribution in [-0.2, 0) is 4.79 Å². The van der Waals surface area contributed by atoms with Crippen molar-refractivity contribution in [3.63, 3.8) is 0 Å². The van der Waals surface area contributed by atoms with Crippen LogP contribution in [0, 0.1) is 11.7 Å². The quantitative estimate of drug-likeness (QED) is 0.709. The number of carbonyl (C=O) groups is 2. The molecule has 2 aromatic carbocycles. The molecule has 8 heteroatoms. The van der Waals surface area contributed by atoms with Gasteiger partial charge in [-0.2, -0.15) is 0 Å². The summed E-state index contributed by atoms with van der Waals surface area (Å²) in [7, 11) is 1.49. The van der Waals surface area contributed by atoms with Crippen LogP contribution < -0.4 is 20.7 Å². The largest absolute Gasteiger partial charge is 0.495 e. The molecular weight excluding hydrogens is 385 g/mol. The molecule has 150 valence electrons. The molecule has 1 saturated heterocycles. The van der Waals surface area contributed by atoms with Crippen molar-refractivity contribution < 1.29 is 18.7 Å². The van der Waals surface area contributed by atoms with Gasteiger partial charge in [0.1, 0.15) is 11.6 Å². The van der Waals surface area contributed by atoms with E-state index in [0.29, 0.717) is 17.1 Å². The van der Waals surface area contributed by atoms with E-state index in [0.717, 1.165) is 32.0 Å². The van der Waals surface area contributed by atoms with E-state index in [-0.39, 0.29) is 29.8 Å². The van der Waals surface area contributed by atoms with Gasteiger partial charge in [0.25, 0.3) is 5.91 Å². The molecule has 28 heavy (non-hydrogen) atoms. The summed E-state index contributed by atoms with van der Waals surface area (Å²) in [5, 5.41) is 8.83. The first-order valence-corrected chi connectivity index (χ1v) is 8.83. The van der Waals surface area contributed by atoms with Gasteiger partial charge in [-0.15, -0.1) is 12.4 Å². The SMILES string of the molecule is COc1ccc(NC(=O)C2CCNCC2)cc1NC(=O)c1cccc(F)c1.Cl. The number of hydrogen-bond acceptors (Lipinski definition) is 4. The Bertz CT molecular complexity index is 841. The number of ether oxygens (including phenoxy) is 1. The zero-order valence-electron chi connectivity index (χ0n) is 15.5. The van der Waals surface area contributed by atoms with E-state index in [1.807, 2.05) is 0 Å². The first kappa shape index (κ1) is 21.7. The standard InChI is InChI=1S/C20H22FN3O3.ClH/c1-27-18-6-5-16(23-19(25)13-7-9-22-10-8-13)12-17(18)24-20(26)14-3-2-4-15(21)11-14;/h2-6,11-13,22H,7-10H2,1H3,(H,23,25)(H,24,26);1H. The molecule has 1 fully saturated rings. The van der Waals surface area contributed by atoms with Gasteiger partial charge in [0.15, 0.2) is 0 Å². The number of piperidine rings is 1. The Morgan fingerprint density at radius 2 is 1.86 bits per heavy atom. The highest BCUT2D eigenvalue weighted by atomic mass is 35.5. The molecule has 2 aromatic rings. The molecule has 0 bridgehead atoms. The van der Waals surface area contributed by atoms with E-state index < -0.39 is 11.7 Å². The van der Waals surface area contributed by atoms with Crippen molar-refractivity contribution in [2.75, 3.05) is 30.8 Å². The Balaban J connectivity index is 0.00000280. The molecular formula is C20H23ClFN3O3. The molecule has 1 aliphatic heterocycles. The Kier molecular flexibility index (Phi) is 7.78. The summed E-state index contributed by atoms with van der Waals surface area (Å²) in [6, 6.07) is 10.4. The molecule has 6 nitrogen and oxygen atoms in total. The van der Waals surface area contributed by atoms with Crippen molar-refractivity contribution in [2.24, 2.45) is 5.92 Å². The number of carbonyl (C=O) groups excluding carboxylic acids is 2. The summed E-state index contributed by atoms with van der Waals surface area (Å²) in [6.45, 7) is 1.66. The van der Waals surface area contributed by atoms with E-state index in [4.69, 9.17) is 4.74 Å². The van der Waals surface area contributed by atoms with Crippen LogP contribution in [0.1, 0.15) is 23.2 Å². The summed E-state index contributed by atoms with van der Waals surface area (Å²) in [5.41, 5.74) is 1.16. The smallest absolute Gasteiger partial charge is 0.255 e. The highest BCUT2D eigenvalue weighted by Gasteiger charge is 2.21. The lowest BCUT2D eigenvalue weighted by Crippen LogP contribution is -2.34. The first-order chi connectivity index (χ1) is 13.1.